The number of aliphatic hydroxyl groups excluding tert-OH is 1. The number of ether oxygens (including phenoxy) is 1. The molecule has 18 heavy (non-hydrogen) atoms. The lowest BCUT2D eigenvalue weighted by Gasteiger charge is -2.38. The zero-order valence-corrected chi connectivity index (χ0v) is 11.5. The maximum Gasteiger partial charge on any atom is 0.309 e. The number of hydrogen-bond donors (Lipinski definition) is 2. The molecule has 0 amide bonds. The van der Waals surface area contributed by atoms with Crippen LogP contribution >= 0.6 is 0 Å². The molecule has 1 aliphatic carbocycles. The number of aliphatic carboxylic acids is 1. The highest BCUT2D eigenvalue weighted by Gasteiger charge is 2.41. The van der Waals surface area contributed by atoms with Gasteiger partial charge in [0.05, 0.1) is 18.6 Å². The van der Waals surface area contributed by atoms with E-state index in [9.17, 15) is 9.90 Å². The van der Waals surface area contributed by atoms with Crippen molar-refractivity contribution in [2.45, 2.75) is 46.0 Å². The second kappa shape index (κ2) is 7.10. The van der Waals surface area contributed by atoms with Crippen molar-refractivity contribution in [1.29, 1.82) is 0 Å². The van der Waals surface area contributed by atoms with Gasteiger partial charge in [-0.1, -0.05) is 13.8 Å². The van der Waals surface area contributed by atoms with E-state index >= 15 is 0 Å². The molecule has 0 saturated heterocycles. The summed E-state index contributed by atoms with van der Waals surface area (Å²) >= 11 is 0. The molecule has 0 aromatic heterocycles. The van der Waals surface area contributed by atoms with Crippen molar-refractivity contribution < 1.29 is 19.7 Å². The SMILES string of the molecule is CC(C)C1CCC(CCOCCO)(C(=O)O)CC1. The Balaban J connectivity index is 2.48. The maximum absolute atomic E-state index is 11.5. The highest BCUT2D eigenvalue weighted by Crippen LogP contribution is 2.43. The molecule has 0 bridgehead atoms. The summed E-state index contributed by atoms with van der Waals surface area (Å²) in [6, 6.07) is 0. The Morgan fingerprint density at radius 3 is 2.39 bits per heavy atom. The Hall–Kier alpha value is -0.610. The molecule has 0 spiro atoms. The number of carboxylic acid groups (broad SMARTS) is 1. The van der Waals surface area contributed by atoms with Crippen LogP contribution in [0.25, 0.3) is 0 Å². The largest absolute Gasteiger partial charge is 0.481 e. The average Bonchev–Trinajstić information content (AvgIpc) is 2.35. The fourth-order valence-electron chi connectivity index (χ4n) is 2.86. The number of rotatable bonds is 7. The van der Waals surface area contributed by atoms with Crippen LogP contribution in [0.2, 0.25) is 0 Å². The molecule has 1 saturated carbocycles. The van der Waals surface area contributed by atoms with Gasteiger partial charge in [-0.15, -0.1) is 0 Å². The molecule has 1 aliphatic rings. The molecule has 2 N–H and O–H groups in total. The lowest BCUT2D eigenvalue weighted by Crippen LogP contribution is -2.37. The van der Waals surface area contributed by atoms with Gasteiger partial charge < -0.3 is 14.9 Å². The van der Waals surface area contributed by atoms with Crippen LogP contribution in [0, 0.1) is 17.3 Å². The third-order valence-corrected chi connectivity index (χ3v) is 4.34. The number of aliphatic hydroxyl groups is 1. The van der Waals surface area contributed by atoms with Crippen molar-refractivity contribution in [2.75, 3.05) is 19.8 Å². The van der Waals surface area contributed by atoms with Crippen molar-refractivity contribution in [2.24, 2.45) is 17.3 Å². The van der Waals surface area contributed by atoms with Crippen molar-refractivity contribution in [3.8, 4) is 0 Å². The molecular formula is C14H26O4. The zero-order valence-electron chi connectivity index (χ0n) is 11.5. The van der Waals surface area contributed by atoms with Gasteiger partial charge in [-0.05, 0) is 43.9 Å². The molecule has 0 atom stereocenters. The predicted octanol–water partition coefficient (Wildman–Crippen LogP) is 2.30. The highest BCUT2D eigenvalue weighted by atomic mass is 16.5. The van der Waals surface area contributed by atoms with Gasteiger partial charge in [0.25, 0.3) is 0 Å². The van der Waals surface area contributed by atoms with E-state index < -0.39 is 11.4 Å². The van der Waals surface area contributed by atoms with E-state index in [1.54, 1.807) is 0 Å². The van der Waals surface area contributed by atoms with Gasteiger partial charge in [0.1, 0.15) is 0 Å². The molecule has 4 nitrogen and oxygen atoms in total. The summed E-state index contributed by atoms with van der Waals surface area (Å²) in [5.41, 5.74) is -0.596. The minimum absolute atomic E-state index is 0.00447. The Morgan fingerprint density at radius 2 is 1.94 bits per heavy atom. The molecule has 0 aromatic rings. The van der Waals surface area contributed by atoms with Gasteiger partial charge in [0, 0.05) is 6.61 Å². The Morgan fingerprint density at radius 1 is 1.33 bits per heavy atom. The van der Waals surface area contributed by atoms with Gasteiger partial charge in [0.15, 0.2) is 0 Å². The number of carbonyl (C=O) groups is 1. The lowest BCUT2D eigenvalue weighted by molar-refractivity contribution is -0.153. The summed E-state index contributed by atoms with van der Waals surface area (Å²) in [4.78, 5) is 11.5. The molecule has 106 valence electrons. The lowest BCUT2D eigenvalue weighted by atomic mass is 9.66. The van der Waals surface area contributed by atoms with Crippen LogP contribution in [0.15, 0.2) is 0 Å². The van der Waals surface area contributed by atoms with E-state index in [4.69, 9.17) is 9.84 Å². The second-order valence-corrected chi connectivity index (χ2v) is 5.75. The molecule has 0 aliphatic heterocycles. The quantitative estimate of drug-likeness (QED) is 0.688. The fourth-order valence-corrected chi connectivity index (χ4v) is 2.86. The summed E-state index contributed by atoms with van der Waals surface area (Å²) < 4.78 is 5.22. The summed E-state index contributed by atoms with van der Waals surface area (Å²) in [6.07, 6.45) is 4.09. The first-order chi connectivity index (χ1) is 8.52. The summed E-state index contributed by atoms with van der Waals surface area (Å²) in [5, 5.41) is 18.1. The van der Waals surface area contributed by atoms with E-state index in [-0.39, 0.29) is 6.61 Å². The van der Waals surface area contributed by atoms with Crippen molar-refractivity contribution >= 4 is 5.97 Å². The van der Waals surface area contributed by atoms with Crippen LogP contribution in [0.1, 0.15) is 46.0 Å². The summed E-state index contributed by atoms with van der Waals surface area (Å²) in [5.74, 6) is 0.621. The molecule has 1 rings (SSSR count). The Labute approximate surface area is 109 Å². The van der Waals surface area contributed by atoms with E-state index in [2.05, 4.69) is 13.8 Å². The fraction of sp³-hybridized carbons (Fsp3) is 0.929. The minimum atomic E-state index is -0.683. The molecule has 0 radical (unpaired) electrons. The van der Waals surface area contributed by atoms with Crippen LogP contribution in [0.5, 0.6) is 0 Å². The predicted molar refractivity (Wildman–Crippen MR) is 69.4 cm³/mol. The van der Waals surface area contributed by atoms with Crippen molar-refractivity contribution in [3.05, 3.63) is 0 Å². The van der Waals surface area contributed by atoms with Crippen LogP contribution < -0.4 is 0 Å². The summed E-state index contributed by atoms with van der Waals surface area (Å²) in [6.45, 7) is 5.14. The van der Waals surface area contributed by atoms with Crippen LogP contribution in [0.4, 0.5) is 0 Å². The van der Waals surface area contributed by atoms with E-state index in [0.717, 1.165) is 25.7 Å². The molecular weight excluding hydrogens is 232 g/mol. The van der Waals surface area contributed by atoms with Crippen LogP contribution in [-0.2, 0) is 9.53 Å². The van der Waals surface area contributed by atoms with Crippen LogP contribution in [0.3, 0.4) is 0 Å². The average molecular weight is 258 g/mol. The first-order valence-electron chi connectivity index (χ1n) is 6.94. The molecule has 1 fully saturated rings. The smallest absolute Gasteiger partial charge is 0.309 e. The van der Waals surface area contributed by atoms with Crippen LogP contribution in [-0.4, -0.2) is 36.0 Å². The zero-order chi connectivity index (χ0) is 13.6. The Kier molecular flexibility index (Phi) is 6.09. The first kappa shape index (κ1) is 15.4. The molecule has 0 aromatic carbocycles. The highest BCUT2D eigenvalue weighted by molar-refractivity contribution is 5.74. The van der Waals surface area contributed by atoms with E-state index in [1.807, 2.05) is 0 Å². The van der Waals surface area contributed by atoms with Gasteiger partial charge in [0.2, 0.25) is 0 Å². The molecule has 0 heterocycles. The van der Waals surface area contributed by atoms with E-state index in [1.165, 1.54) is 0 Å². The third-order valence-electron chi connectivity index (χ3n) is 4.34. The van der Waals surface area contributed by atoms with Crippen molar-refractivity contribution in [3.63, 3.8) is 0 Å². The van der Waals surface area contributed by atoms with Gasteiger partial charge >= 0.3 is 5.97 Å². The first-order valence-corrected chi connectivity index (χ1v) is 6.94. The second-order valence-electron chi connectivity index (χ2n) is 5.75. The van der Waals surface area contributed by atoms with E-state index in [0.29, 0.717) is 31.5 Å². The maximum atomic E-state index is 11.5. The topological polar surface area (TPSA) is 66.8 Å². The van der Waals surface area contributed by atoms with Crippen molar-refractivity contribution in [1.82, 2.24) is 0 Å². The third kappa shape index (κ3) is 3.95. The van der Waals surface area contributed by atoms with Gasteiger partial charge in [-0.3, -0.25) is 4.79 Å². The standard InChI is InChI=1S/C14H26O4/c1-11(2)12-3-5-14(6-4-12,13(16)17)7-9-18-10-8-15/h11-12,15H,3-10H2,1-2H3,(H,16,17). The minimum Gasteiger partial charge on any atom is -0.481 e. The monoisotopic (exact) mass is 258 g/mol. The number of hydrogen-bond acceptors (Lipinski definition) is 3. The molecule has 4 heteroatoms. The normalized spacial score (nSPS) is 28.6. The summed E-state index contributed by atoms with van der Waals surface area (Å²) in [7, 11) is 0. The van der Waals surface area contributed by atoms with Gasteiger partial charge in [-0.25, -0.2) is 0 Å². The number of carboxylic acids is 1. The molecule has 0 unspecified atom stereocenters. The van der Waals surface area contributed by atoms with Gasteiger partial charge in [-0.2, -0.15) is 0 Å². The Bertz CT molecular complexity index is 255.